The first-order valence-electron chi connectivity index (χ1n) is 11.7. The highest BCUT2D eigenvalue weighted by Gasteiger charge is 2.33. The van der Waals surface area contributed by atoms with E-state index in [2.05, 4.69) is 5.32 Å². The molecule has 35 heavy (non-hydrogen) atoms. The van der Waals surface area contributed by atoms with Crippen LogP contribution in [0.3, 0.4) is 0 Å². The third kappa shape index (κ3) is 5.87. The second-order valence-electron chi connectivity index (χ2n) is 9.03. The first-order valence-corrected chi connectivity index (χ1v) is 14.1. The number of nitrogens with zero attached hydrogens (tertiary/aromatic N) is 3. The van der Waals surface area contributed by atoms with Crippen LogP contribution in [0.4, 0.5) is 5.69 Å². The van der Waals surface area contributed by atoms with Gasteiger partial charge in [0.1, 0.15) is 21.1 Å². The molecule has 2 aliphatic heterocycles. The Morgan fingerprint density at radius 2 is 1.74 bits per heavy atom. The Morgan fingerprint density at radius 1 is 1.06 bits per heavy atom. The number of amides is 2. The molecule has 2 aromatic rings. The van der Waals surface area contributed by atoms with Gasteiger partial charge in [0, 0.05) is 50.5 Å². The lowest BCUT2D eigenvalue weighted by molar-refractivity contribution is 0.0700. The summed E-state index contributed by atoms with van der Waals surface area (Å²) in [6.07, 6.45) is 3.43. The van der Waals surface area contributed by atoms with Crippen LogP contribution in [0.5, 0.6) is 0 Å². The van der Waals surface area contributed by atoms with E-state index in [0.29, 0.717) is 23.7 Å². The fourth-order valence-corrected chi connectivity index (χ4v) is 5.31. The maximum Gasteiger partial charge on any atom is 0.272 e. The van der Waals surface area contributed by atoms with Crippen LogP contribution in [0, 0.1) is 0 Å². The van der Waals surface area contributed by atoms with Crippen molar-refractivity contribution in [1.82, 2.24) is 14.8 Å². The van der Waals surface area contributed by atoms with Crippen LogP contribution in [0.1, 0.15) is 45.7 Å². The lowest BCUT2D eigenvalue weighted by Crippen LogP contribution is -2.47. The molecule has 0 unspecified atom stereocenters. The lowest BCUT2D eigenvalue weighted by atomic mass is 10.1. The zero-order valence-electron chi connectivity index (χ0n) is 19.6. The van der Waals surface area contributed by atoms with Gasteiger partial charge in [-0.05, 0) is 43.0 Å². The summed E-state index contributed by atoms with van der Waals surface area (Å²) in [6.45, 7) is 2.53. The van der Waals surface area contributed by atoms with Crippen LogP contribution in [0.2, 0.25) is 5.02 Å². The molecule has 3 heterocycles. The molecule has 0 saturated carbocycles. The number of benzene rings is 1. The van der Waals surface area contributed by atoms with E-state index < -0.39 is 21.3 Å². The Balaban J connectivity index is 1.62. The summed E-state index contributed by atoms with van der Waals surface area (Å²) in [6, 6.07) is 8.60. The monoisotopic (exact) mass is 520 g/mol. The second-order valence-corrected chi connectivity index (χ2v) is 11.7. The highest BCUT2D eigenvalue weighted by atomic mass is 35.5. The van der Waals surface area contributed by atoms with E-state index in [0.717, 1.165) is 31.5 Å². The molecule has 4 rings (SSSR count). The van der Waals surface area contributed by atoms with Gasteiger partial charge in [0.25, 0.3) is 17.4 Å². The van der Waals surface area contributed by atoms with Gasteiger partial charge in [-0.1, -0.05) is 23.7 Å². The Morgan fingerprint density at radius 3 is 2.40 bits per heavy atom. The van der Waals surface area contributed by atoms with Gasteiger partial charge in [0.05, 0.1) is 11.4 Å². The third-order valence-electron chi connectivity index (χ3n) is 6.35. The quantitative estimate of drug-likeness (QED) is 0.569. The minimum absolute atomic E-state index is 0.00272. The van der Waals surface area contributed by atoms with E-state index in [9.17, 15) is 22.8 Å². The predicted molar refractivity (Wildman–Crippen MR) is 135 cm³/mol. The molecule has 1 N–H and O–H groups in total. The minimum atomic E-state index is -3.13. The number of anilines is 1. The molecule has 1 aromatic heterocycles. The van der Waals surface area contributed by atoms with Crippen molar-refractivity contribution in [1.29, 1.82) is 0 Å². The molecular weight excluding hydrogens is 492 g/mol. The highest BCUT2D eigenvalue weighted by Crippen LogP contribution is 2.28. The van der Waals surface area contributed by atoms with Crippen LogP contribution in [0.25, 0.3) is 0 Å². The van der Waals surface area contributed by atoms with Crippen molar-refractivity contribution in [2.45, 2.75) is 32.4 Å². The number of aromatic nitrogens is 1. The molecular formula is C24H29ClN4O5S. The van der Waals surface area contributed by atoms with E-state index in [1.54, 1.807) is 29.2 Å². The van der Waals surface area contributed by atoms with Crippen molar-refractivity contribution < 1.29 is 18.0 Å². The average Bonchev–Trinajstić information content (AvgIpc) is 3.34. The summed E-state index contributed by atoms with van der Waals surface area (Å²) in [4.78, 5) is 43.3. The SMILES string of the molecule is CS(=O)(=O)CCCN1CCn2c(c(N3CCCC3)cc(C(=O)NCc3ccc(Cl)cc3)c2=O)C1=O. The molecule has 0 bridgehead atoms. The van der Waals surface area contributed by atoms with E-state index in [-0.39, 0.29) is 42.6 Å². The minimum Gasteiger partial charge on any atom is -0.370 e. The van der Waals surface area contributed by atoms with E-state index >= 15 is 0 Å². The van der Waals surface area contributed by atoms with E-state index in [1.807, 2.05) is 4.90 Å². The number of nitrogens with one attached hydrogen (secondary N) is 1. The van der Waals surface area contributed by atoms with Crippen molar-refractivity contribution in [2.75, 3.05) is 43.1 Å². The maximum absolute atomic E-state index is 13.4. The van der Waals surface area contributed by atoms with E-state index in [1.165, 1.54) is 16.9 Å². The maximum atomic E-state index is 13.4. The normalized spacial score (nSPS) is 15.9. The summed E-state index contributed by atoms with van der Waals surface area (Å²) in [7, 11) is -3.13. The molecule has 188 valence electrons. The van der Waals surface area contributed by atoms with Crippen LogP contribution < -0.4 is 15.8 Å². The topological polar surface area (TPSA) is 109 Å². The molecule has 0 radical (unpaired) electrons. The molecule has 2 aliphatic rings. The summed E-state index contributed by atoms with van der Waals surface area (Å²) in [5, 5.41) is 3.39. The molecule has 9 nitrogen and oxygen atoms in total. The van der Waals surface area contributed by atoms with Gasteiger partial charge in [-0.3, -0.25) is 19.0 Å². The van der Waals surface area contributed by atoms with Gasteiger partial charge in [-0.25, -0.2) is 8.42 Å². The predicted octanol–water partition coefficient (Wildman–Crippen LogP) is 1.92. The second kappa shape index (κ2) is 10.4. The van der Waals surface area contributed by atoms with Gasteiger partial charge < -0.3 is 15.1 Å². The number of halogens is 1. The van der Waals surface area contributed by atoms with E-state index in [4.69, 9.17) is 11.6 Å². The summed E-state index contributed by atoms with van der Waals surface area (Å²) < 4.78 is 24.4. The third-order valence-corrected chi connectivity index (χ3v) is 7.64. The number of hydrogen-bond donors (Lipinski definition) is 1. The number of carbonyl (C=O) groups is 2. The molecule has 11 heteroatoms. The van der Waals surface area contributed by atoms with Gasteiger partial charge in [-0.2, -0.15) is 0 Å². The average molecular weight is 521 g/mol. The zero-order valence-corrected chi connectivity index (χ0v) is 21.2. The van der Waals surface area contributed by atoms with Crippen molar-refractivity contribution in [3.63, 3.8) is 0 Å². The number of carbonyl (C=O) groups excluding carboxylic acids is 2. The Hall–Kier alpha value is -2.85. The summed E-state index contributed by atoms with van der Waals surface area (Å²) in [5.74, 6) is -0.810. The standard InChI is InChI=1S/C24H29ClN4O5S/c1-35(33,34)14-4-11-28-12-13-29-21(24(28)32)20(27-9-2-3-10-27)15-19(23(29)31)22(30)26-16-17-5-7-18(25)8-6-17/h5-8,15H,2-4,9-14,16H2,1H3,(H,26,30). The van der Waals surface area contributed by atoms with Crippen LogP contribution >= 0.6 is 11.6 Å². The highest BCUT2D eigenvalue weighted by molar-refractivity contribution is 7.90. The molecule has 1 saturated heterocycles. The first kappa shape index (κ1) is 25.2. The van der Waals surface area contributed by atoms with Crippen molar-refractivity contribution in [3.8, 4) is 0 Å². The number of hydrogen-bond acceptors (Lipinski definition) is 6. The van der Waals surface area contributed by atoms with Crippen molar-refractivity contribution >= 4 is 38.9 Å². The Bertz CT molecular complexity index is 1280. The molecule has 1 aromatic carbocycles. The Kier molecular flexibility index (Phi) is 7.51. The fraction of sp³-hybridized carbons (Fsp3) is 0.458. The Labute approximate surface area is 209 Å². The van der Waals surface area contributed by atoms with Gasteiger partial charge in [0.15, 0.2) is 0 Å². The van der Waals surface area contributed by atoms with Crippen molar-refractivity contribution in [3.05, 3.63) is 62.5 Å². The van der Waals surface area contributed by atoms with Crippen LogP contribution in [-0.4, -0.2) is 67.9 Å². The van der Waals surface area contributed by atoms with Gasteiger partial charge in [-0.15, -0.1) is 0 Å². The zero-order chi connectivity index (χ0) is 25.2. The smallest absolute Gasteiger partial charge is 0.272 e. The van der Waals surface area contributed by atoms with Gasteiger partial charge in [0.2, 0.25) is 0 Å². The first-order chi connectivity index (χ1) is 16.6. The molecule has 0 atom stereocenters. The number of rotatable bonds is 8. The van der Waals surface area contributed by atoms with Crippen LogP contribution in [-0.2, 0) is 22.9 Å². The molecule has 0 aliphatic carbocycles. The summed E-state index contributed by atoms with van der Waals surface area (Å²) in [5.41, 5.74) is 1.21. The largest absolute Gasteiger partial charge is 0.370 e. The number of pyridine rings is 1. The summed E-state index contributed by atoms with van der Waals surface area (Å²) >= 11 is 5.91. The number of sulfone groups is 1. The molecule has 2 amide bonds. The molecule has 1 fully saturated rings. The van der Waals surface area contributed by atoms with Crippen molar-refractivity contribution in [2.24, 2.45) is 0 Å². The fourth-order valence-electron chi connectivity index (χ4n) is 4.53. The number of fused-ring (bicyclic) bond motifs is 1. The lowest BCUT2D eigenvalue weighted by Gasteiger charge is -2.33. The van der Waals surface area contributed by atoms with Crippen LogP contribution in [0.15, 0.2) is 35.1 Å². The molecule has 0 spiro atoms. The van der Waals surface area contributed by atoms with Gasteiger partial charge >= 0.3 is 0 Å².